The third-order valence-electron chi connectivity index (χ3n) is 2.49. The van der Waals surface area contributed by atoms with Gasteiger partial charge < -0.3 is 9.84 Å². The molecule has 0 radical (unpaired) electrons. The number of rotatable bonds is 5. The van der Waals surface area contributed by atoms with E-state index in [0.717, 1.165) is 12.8 Å². The first-order valence-corrected chi connectivity index (χ1v) is 5.05. The second-order valence-electron chi connectivity index (χ2n) is 3.79. The van der Waals surface area contributed by atoms with E-state index < -0.39 is 5.97 Å². The van der Waals surface area contributed by atoms with Gasteiger partial charge in [0.15, 0.2) is 0 Å². The predicted octanol–water partition coefficient (Wildman–Crippen LogP) is 2.20. The summed E-state index contributed by atoms with van der Waals surface area (Å²) in [5.41, 5.74) is 0. The summed E-state index contributed by atoms with van der Waals surface area (Å²) < 4.78 is 5.70. The van der Waals surface area contributed by atoms with E-state index in [9.17, 15) is 4.79 Å². The van der Waals surface area contributed by atoms with E-state index in [1.165, 1.54) is 12.8 Å². The van der Waals surface area contributed by atoms with Crippen molar-refractivity contribution in [3.8, 4) is 0 Å². The van der Waals surface area contributed by atoms with Crippen molar-refractivity contribution in [3.63, 3.8) is 0 Å². The molecule has 0 heterocycles. The van der Waals surface area contributed by atoms with Crippen molar-refractivity contribution in [1.82, 2.24) is 0 Å². The maximum Gasteiger partial charge on any atom is 0.303 e. The Morgan fingerprint density at radius 3 is 2.69 bits per heavy atom. The lowest BCUT2D eigenvalue weighted by Crippen LogP contribution is -2.17. The van der Waals surface area contributed by atoms with Crippen LogP contribution in [0.5, 0.6) is 0 Å². The molecule has 1 saturated carbocycles. The van der Waals surface area contributed by atoms with Gasteiger partial charge >= 0.3 is 5.97 Å². The van der Waals surface area contributed by atoms with Crippen LogP contribution in [0.4, 0.5) is 0 Å². The first-order valence-electron chi connectivity index (χ1n) is 5.05. The SMILES string of the molecule is CC(CCC(=O)O)OC1CCCC1. The Bertz CT molecular complexity index is 162. The fourth-order valence-electron chi connectivity index (χ4n) is 1.75. The minimum atomic E-state index is -0.734. The quantitative estimate of drug-likeness (QED) is 0.716. The van der Waals surface area contributed by atoms with Crippen LogP contribution in [0.3, 0.4) is 0 Å². The van der Waals surface area contributed by atoms with Crippen LogP contribution in [0.1, 0.15) is 45.4 Å². The fourth-order valence-corrected chi connectivity index (χ4v) is 1.75. The fraction of sp³-hybridized carbons (Fsp3) is 0.900. The van der Waals surface area contributed by atoms with E-state index in [0.29, 0.717) is 12.5 Å². The van der Waals surface area contributed by atoms with E-state index in [1.54, 1.807) is 0 Å². The molecule has 1 aliphatic rings. The molecule has 1 unspecified atom stereocenters. The molecule has 1 rings (SSSR count). The summed E-state index contributed by atoms with van der Waals surface area (Å²) in [5.74, 6) is -0.734. The molecular weight excluding hydrogens is 168 g/mol. The second-order valence-corrected chi connectivity index (χ2v) is 3.79. The topological polar surface area (TPSA) is 46.5 Å². The smallest absolute Gasteiger partial charge is 0.303 e. The minimum Gasteiger partial charge on any atom is -0.481 e. The third kappa shape index (κ3) is 4.27. The molecule has 76 valence electrons. The number of ether oxygens (including phenoxy) is 1. The first-order chi connectivity index (χ1) is 6.18. The maximum absolute atomic E-state index is 10.3. The van der Waals surface area contributed by atoms with E-state index in [4.69, 9.17) is 9.84 Å². The molecule has 0 bridgehead atoms. The summed E-state index contributed by atoms with van der Waals surface area (Å²) in [5, 5.41) is 8.47. The highest BCUT2D eigenvalue weighted by molar-refractivity contribution is 5.66. The number of carbonyl (C=O) groups is 1. The van der Waals surface area contributed by atoms with Crippen molar-refractivity contribution in [3.05, 3.63) is 0 Å². The zero-order chi connectivity index (χ0) is 9.68. The van der Waals surface area contributed by atoms with E-state index >= 15 is 0 Å². The third-order valence-corrected chi connectivity index (χ3v) is 2.49. The Labute approximate surface area is 79.1 Å². The van der Waals surface area contributed by atoms with Crippen molar-refractivity contribution in [2.75, 3.05) is 0 Å². The molecule has 3 heteroatoms. The molecule has 1 fully saturated rings. The summed E-state index contributed by atoms with van der Waals surface area (Å²) in [4.78, 5) is 10.3. The van der Waals surface area contributed by atoms with Gasteiger partial charge in [-0.3, -0.25) is 4.79 Å². The van der Waals surface area contributed by atoms with Crippen molar-refractivity contribution in [2.45, 2.75) is 57.7 Å². The number of aliphatic carboxylic acids is 1. The zero-order valence-corrected chi connectivity index (χ0v) is 8.16. The molecule has 1 atom stereocenters. The lowest BCUT2D eigenvalue weighted by molar-refractivity contribution is -0.138. The molecule has 13 heavy (non-hydrogen) atoms. The van der Waals surface area contributed by atoms with Crippen molar-refractivity contribution >= 4 is 5.97 Å². The van der Waals surface area contributed by atoms with Crippen LogP contribution in [0, 0.1) is 0 Å². The predicted molar refractivity (Wildman–Crippen MR) is 49.7 cm³/mol. The Balaban J connectivity index is 2.09. The Morgan fingerprint density at radius 1 is 1.54 bits per heavy atom. The van der Waals surface area contributed by atoms with Crippen LogP contribution in [-0.4, -0.2) is 23.3 Å². The monoisotopic (exact) mass is 186 g/mol. The van der Waals surface area contributed by atoms with Crippen molar-refractivity contribution in [2.24, 2.45) is 0 Å². The van der Waals surface area contributed by atoms with Gasteiger partial charge in [-0.1, -0.05) is 12.8 Å². The average molecular weight is 186 g/mol. The molecule has 0 aromatic rings. The van der Waals surface area contributed by atoms with Crippen LogP contribution in [0.25, 0.3) is 0 Å². The number of carboxylic acid groups (broad SMARTS) is 1. The Kier molecular flexibility index (Phi) is 4.22. The lowest BCUT2D eigenvalue weighted by Gasteiger charge is -2.17. The number of carboxylic acids is 1. The molecule has 1 N–H and O–H groups in total. The molecule has 0 aromatic carbocycles. The molecule has 0 aliphatic heterocycles. The summed E-state index contributed by atoms with van der Waals surface area (Å²) in [7, 11) is 0. The van der Waals surface area contributed by atoms with Gasteiger partial charge in [-0.15, -0.1) is 0 Å². The van der Waals surface area contributed by atoms with Crippen LogP contribution < -0.4 is 0 Å². The van der Waals surface area contributed by atoms with Gasteiger partial charge in [0.25, 0.3) is 0 Å². The van der Waals surface area contributed by atoms with Crippen LogP contribution in [0.2, 0.25) is 0 Å². The molecule has 0 aromatic heterocycles. The van der Waals surface area contributed by atoms with Crippen molar-refractivity contribution < 1.29 is 14.6 Å². The van der Waals surface area contributed by atoms with Gasteiger partial charge in [0.2, 0.25) is 0 Å². The Hall–Kier alpha value is -0.570. The van der Waals surface area contributed by atoms with Gasteiger partial charge in [0.05, 0.1) is 12.2 Å². The van der Waals surface area contributed by atoms with Gasteiger partial charge in [-0.2, -0.15) is 0 Å². The second kappa shape index (κ2) is 5.22. The van der Waals surface area contributed by atoms with E-state index in [2.05, 4.69) is 0 Å². The molecular formula is C10H18O3. The number of hydrogen-bond acceptors (Lipinski definition) is 2. The molecule has 0 amide bonds. The molecule has 0 spiro atoms. The summed E-state index contributed by atoms with van der Waals surface area (Å²) in [6, 6.07) is 0. The molecule has 1 aliphatic carbocycles. The highest BCUT2D eigenvalue weighted by Crippen LogP contribution is 2.22. The highest BCUT2D eigenvalue weighted by Gasteiger charge is 2.18. The normalized spacial score (nSPS) is 20.4. The summed E-state index contributed by atoms with van der Waals surface area (Å²) in [6.07, 6.45) is 6.16. The standard InChI is InChI=1S/C10H18O3/c1-8(6-7-10(11)12)13-9-4-2-3-5-9/h8-9H,2-7H2,1H3,(H,11,12). The first kappa shape index (κ1) is 10.5. The highest BCUT2D eigenvalue weighted by atomic mass is 16.5. The molecule has 0 saturated heterocycles. The molecule has 3 nitrogen and oxygen atoms in total. The minimum absolute atomic E-state index is 0.0965. The van der Waals surface area contributed by atoms with Gasteiger partial charge in [0, 0.05) is 6.42 Å². The maximum atomic E-state index is 10.3. The summed E-state index contributed by atoms with van der Waals surface area (Å²) in [6.45, 7) is 1.96. The zero-order valence-electron chi connectivity index (χ0n) is 8.16. The van der Waals surface area contributed by atoms with Crippen LogP contribution in [-0.2, 0) is 9.53 Å². The van der Waals surface area contributed by atoms with Gasteiger partial charge in [-0.25, -0.2) is 0 Å². The number of hydrogen-bond donors (Lipinski definition) is 1. The van der Waals surface area contributed by atoms with Crippen LogP contribution >= 0.6 is 0 Å². The average Bonchev–Trinajstić information content (AvgIpc) is 2.53. The van der Waals surface area contributed by atoms with Gasteiger partial charge in [-0.05, 0) is 26.2 Å². The van der Waals surface area contributed by atoms with E-state index in [-0.39, 0.29) is 12.5 Å². The van der Waals surface area contributed by atoms with Gasteiger partial charge in [0.1, 0.15) is 0 Å². The van der Waals surface area contributed by atoms with Crippen molar-refractivity contribution in [1.29, 1.82) is 0 Å². The largest absolute Gasteiger partial charge is 0.481 e. The lowest BCUT2D eigenvalue weighted by atomic mass is 10.2. The Morgan fingerprint density at radius 2 is 2.15 bits per heavy atom. The van der Waals surface area contributed by atoms with E-state index in [1.807, 2.05) is 6.92 Å². The van der Waals surface area contributed by atoms with Crippen LogP contribution in [0.15, 0.2) is 0 Å². The summed E-state index contributed by atoms with van der Waals surface area (Å²) >= 11 is 0.